The van der Waals surface area contributed by atoms with Crippen molar-refractivity contribution in [2.24, 2.45) is 12.5 Å². The first kappa shape index (κ1) is 18.9. The predicted molar refractivity (Wildman–Crippen MR) is 77.2 cm³/mol. The largest absolute Gasteiger partial charge is 1.00 e. The molecule has 0 bridgehead atoms. The fourth-order valence-corrected chi connectivity index (χ4v) is 2.70. The molecular formula is C16H23IN2O3. The van der Waals surface area contributed by atoms with E-state index < -0.39 is 0 Å². The SMILES string of the molecule is C[n+]1cccc(C(=O)NCOC(=O)C2(C)CCCCC2)c1.[I-]. The normalized spacial score (nSPS) is 16.3. The van der Waals surface area contributed by atoms with Gasteiger partial charge in [-0.3, -0.25) is 9.59 Å². The minimum atomic E-state index is -0.387. The van der Waals surface area contributed by atoms with E-state index >= 15 is 0 Å². The third-order valence-electron chi connectivity index (χ3n) is 4.09. The monoisotopic (exact) mass is 418 g/mol. The van der Waals surface area contributed by atoms with Gasteiger partial charge in [0.25, 0.3) is 5.91 Å². The van der Waals surface area contributed by atoms with Crippen LogP contribution in [0.3, 0.4) is 0 Å². The Morgan fingerprint density at radius 1 is 1.32 bits per heavy atom. The van der Waals surface area contributed by atoms with Crippen LogP contribution < -0.4 is 33.9 Å². The van der Waals surface area contributed by atoms with Crippen molar-refractivity contribution in [3.05, 3.63) is 30.1 Å². The predicted octanol–water partition coefficient (Wildman–Crippen LogP) is -1.28. The van der Waals surface area contributed by atoms with Crippen molar-refractivity contribution in [2.75, 3.05) is 6.73 Å². The number of amides is 1. The Morgan fingerprint density at radius 2 is 2.00 bits per heavy atom. The van der Waals surface area contributed by atoms with Crippen LogP contribution in [0.5, 0.6) is 0 Å². The molecule has 0 radical (unpaired) electrons. The molecular weight excluding hydrogens is 395 g/mol. The average molecular weight is 418 g/mol. The van der Waals surface area contributed by atoms with Crippen LogP contribution in [0.4, 0.5) is 0 Å². The molecule has 0 unspecified atom stereocenters. The molecule has 6 heteroatoms. The maximum atomic E-state index is 12.1. The van der Waals surface area contributed by atoms with E-state index in [0.29, 0.717) is 5.56 Å². The molecule has 1 aromatic rings. The van der Waals surface area contributed by atoms with E-state index in [2.05, 4.69) is 5.32 Å². The van der Waals surface area contributed by atoms with Crippen LogP contribution >= 0.6 is 0 Å². The number of halogens is 1. The molecule has 1 aromatic heterocycles. The molecule has 1 N–H and O–H groups in total. The van der Waals surface area contributed by atoms with Crippen molar-refractivity contribution in [1.29, 1.82) is 0 Å². The highest BCUT2D eigenvalue weighted by molar-refractivity contribution is 5.93. The second-order valence-electron chi connectivity index (χ2n) is 5.96. The van der Waals surface area contributed by atoms with Crippen LogP contribution in [-0.2, 0) is 16.6 Å². The van der Waals surface area contributed by atoms with Crippen molar-refractivity contribution in [1.82, 2.24) is 5.32 Å². The van der Waals surface area contributed by atoms with Crippen LogP contribution in [0.15, 0.2) is 24.5 Å². The summed E-state index contributed by atoms with van der Waals surface area (Å²) in [5.41, 5.74) is 0.155. The quantitative estimate of drug-likeness (QED) is 0.287. The summed E-state index contributed by atoms with van der Waals surface area (Å²) < 4.78 is 7.02. The Labute approximate surface area is 148 Å². The highest BCUT2D eigenvalue weighted by atomic mass is 127. The Morgan fingerprint density at radius 3 is 2.64 bits per heavy atom. The maximum Gasteiger partial charge on any atom is 0.313 e. The lowest BCUT2D eigenvalue weighted by Crippen LogP contribution is -3.00. The molecule has 0 spiro atoms. The third kappa shape index (κ3) is 4.93. The molecule has 0 aliphatic heterocycles. The molecule has 1 saturated carbocycles. The third-order valence-corrected chi connectivity index (χ3v) is 4.09. The number of esters is 1. The number of carbonyl (C=O) groups is 2. The lowest BCUT2D eigenvalue weighted by molar-refractivity contribution is -0.671. The zero-order chi connectivity index (χ0) is 15.3. The van der Waals surface area contributed by atoms with Gasteiger partial charge in [-0.25, -0.2) is 4.57 Å². The first-order valence-electron chi connectivity index (χ1n) is 7.42. The van der Waals surface area contributed by atoms with E-state index in [1.165, 1.54) is 6.42 Å². The van der Waals surface area contributed by atoms with Crippen molar-refractivity contribution >= 4 is 11.9 Å². The van der Waals surface area contributed by atoms with Gasteiger partial charge in [-0.05, 0) is 25.8 Å². The lowest BCUT2D eigenvalue weighted by atomic mass is 9.76. The van der Waals surface area contributed by atoms with E-state index in [9.17, 15) is 9.59 Å². The summed E-state index contributed by atoms with van der Waals surface area (Å²) >= 11 is 0. The van der Waals surface area contributed by atoms with Crippen molar-refractivity contribution in [3.63, 3.8) is 0 Å². The minimum absolute atomic E-state index is 0. The number of pyridine rings is 1. The number of hydrogen-bond acceptors (Lipinski definition) is 3. The number of aryl methyl sites for hydroxylation is 1. The highest BCUT2D eigenvalue weighted by Gasteiger charge is 2.36. The van der Waals surface area contributed by atoms with Gasteiger partial charge < -0.3 is 34.0 Å². The summed E-state index contributed by atoms with van der Waals surface area (Å²) in [6.07, 6.45) is 8.63. The molecule has 122 valence electrons. The van der Waals surface area contributed by atoms with E-state index in [1.54, 1.807) is 22.9 Å². The summed E-state index contributed by atoms with van der Waals surface area (Å²) in [5.74, 6) is -0.450. The Balaban J connectivity index is 0.00000242. The standard InChI is InChI=1S/C16H22N2O3.HI/c1-16(8-4-3-5-9-16)15(20)21-12-17-14(19)13-7-6-10-18(2)11-13;/h6-7,10-11H,3-5,8-9,12H2,1-2H3;1H. The average Bonchev–Trinajstić information content (AvgIpc) is 2.47. The van der Waals surface area contributed by atoms with Gasteiger partial charge >= 0.3 is 5.97 Å². The van der Waals surface area contributed by atoms with Gasteiger partial charge in [0.15, 0.2) is 19.1 Å². The van der Waals surface area contributed by atoms with Gasteiger partial charge in [0.05, 0.1) is 5.41 Å². The number of aromatic nitrogens is 1. The smallest absolute Gasteiger partial charge is 0.313 e. The second-order valence-corrected chi connectivity index (χ2v) is 5.96. The zero-order valence-corrected chi connectivity index (χ0v) is 15.3. The molecule has 0 aromatic carbocycles. The van der Waals surface area contributed by atoms with Crippen molar-refractivity contribution in [3.8, 4) is 0 Å². The Hall–Kier alpha value is -1.18. The topological polar surface area (TPSA) is 59.3 Å². The van der Waals surface area contributed by atoms with E-state index in [-0.39, 0.29) is 48.0 Å². The number of nitrogens with zero attached hydrogens (tertiary/aromatic N) is 1. The highest BCUT2D eigenvalue weighted by Crippen LogP contribution is 2.36. The maximum absolute atomic E-state index is 12.1. The number of hydrogen-bond donors (Lipinski definition) is 1. The molecule has 5 nitrogen and oxygen atoms in total. The summed E-state index contributed by atoms with van der Waals surface area (Å²) in [6, 6.07) is 3.52. The van der Waals surface area contributed by atoms with Crippen LogP contribution in [0.2, 0.25) is 0 Å². The van der Waals surface area contributed by atoms with Gasteiger partial charge in [-0.15, -0.1) is 0 Å². The number of carbonyl (C=O) groups excluding carboxylic acids is 2. The molecule has 0 atom stereocenters. The van der Waals surface area contributed by atoms with E-state index in [0.717, 1.165) is 25.7 Å². The van der Waals surface area contributed by atoms with Gasteiger partial charge in [0.1, 0.15) is 12.6 Å². The van der Waals surface area contributed by atoms with E-state index in [4.69, 9.17) is 4.74 Å². The van der Waals surface area contributed by atoms with Gasteiger partial charge in [-0.2, -0.15) is 0 Å². The minimum Gasteiger partial charge on any atom is -1.00 e. The first-order valence-corrected chi connectivity index (χ1v) is 7.42. The molecule has 1 heterocycles. The first-order chi connectivity index (χ1) is 10.0. The van der Waals surface area contributed by atoms with Crippen LogP contribution in [0, 0.1) is 5.41 Å². The van der Waals surface area contributed by atoms with Crippen molar-refractivity contribution < 1.29 is 42.9 Å². The summed E-state index contributed by atoms with van der Waals surface area (Å²) in [6.45, 7) is 1.87. The number of rotatable bonds is 4. The molecule has 0 saturated heterocycles. The fraction of sp³-hybridized carbons (Fsp3) is 0.562. The van der Waals surface area contributed by atoms with Gasteiger partial charge in [0.2, 0.25) is 0 Å². The van der Waals surface area contributed by atoms with Gasteiger partial charge in [0, 0.05) is 6.07 Å². The molecule has 1 aliphatic rings. The second kappa shape index (κ2) is 8.45. The van der Waals surface area contributed by atoms with Crippen LogP contribution in [0.25, 0.3) is 0 Å². The van der Waals surface area contributed by atoms with Gasteiger partial charge in [-0.1, -0.05) is 19.3 Å². The zero-order valence-electron chi connectivity index (χ0n) is 13.1. The molecule has 2 rings (SSSR count). The summed E-state index contributed by atoms with van der Waals surface area (Å²) in [4.78, 5) is 24.0. The molecule has 1 fully saturated rings. The summed E-state index contributed by atoms with van der Waals surface area (Å²) in [7, 11) is 1.85. The number of ether oxygens (including phenoxy) is 1. The Kier molecular flexibility index (Phi) is 7.25. The number of nitrogens with one attached hydrogen (secondary N) is 1. The molecule has 1 aliphatic carbocycles. The summed E-state index contributed by atoms with van der Waals surface area (Å²) in [5, 5.41) is 2.62. The fourth-order valence-electron chi connectivity index (χ4n) is 2.70. The Bertz CT molecular complexity index is 528. The van der Waals surface area contributed by atoms with E-state index in [1.807, 2.05) is 20.2 Å². The van der Waals surface area contributed by atoms with Crippen molar-refractivity contribution in [2.45, 2.75) is 39.0 Å². The van der Waals surface area contributed by atoms with Crippen LogP contribution in [0.1, 0.15) is 49.4 Å². The lowest BCUT2D eigenvalue weighted by Gasteiger charge is -2.30. The van der Waals surface area contributed by atoms with Crippen LogP contribution in [-0.4, -0.2) is 18.6 Å². The molecule has 1 amide bonds. The molecule has 22 heavy (non-hydrogen) atoms.